The highest BCUT2D eigenvalue weighted by Gasteiger charge is 2.31. The molecule has 3 rings (SSSR count). The maximum absolute atomic E-state index is 13.2. The van der Waals surface area contributed by atoms with Gasteiger partial charge >= 0.3 is 5.97 Å². The molecule has 2 N–H and O–H groups in total. The molecule has 2 aromatic carbocycles. The van der Waals surface area contributed by atoms with Crippen LogP contribution in [0.15, 0.2) is 42.5 Å². The van der Waals surface area contributed by atoms with Gasteiger partial charge in [0.1, 0.15) is 6.04 Å². The molecule has 1 heterocycles. The maximum atomic E-state index is 13.2. The predicted octanol–water partition coefficient (Wildman–Crippen LogP) is 3.03. The van der Waals surface area contributed by atoms with Crippen LogP contribution in [0.5, 0.6) is 0 Å². The number of carboxylic acid groups (broad SMARTS) is 1. The molecule has 29 heavy (non-hydrogen) atoms. The van der Waals surface area contributed by atoms with Crippen molar-refractivity contribution in [2.75, 3.05) is 6.54 Å². The first kappa shape index (κ1) is 20.6. The van der Waals surface area contributed by atoms with Gasteiger partial charge in [0.25, 0.3) is 5.91 Å². The summed E-state index contributed by atoms with van der Waals surface area (Å²) in [4.78, 5) is 38.9. The molecule has 0 aliphatic carbocycles. The Bertz CT molecular complexity index is 952. The van der Waals surface area contributed by atoms with E-state index in [1.54, 1.807) is 29.2 Å². The van der Waals surface area contributed by atoms with Crippen molar-refractivity contribution in [2.45, 2.75) is 39.8 Å². The van der Waals surface area contributed by atoms with Crippen molar-refractivity contribution in [1.82, 2.24) is 10.2 Å². The number of carboxylic acids is 1. The van der Waals surface area contributed by atoms with E-state index in [-0.39, 0.29) is 23.3 Å². The van der Waals surface area contributed by atoms with Crippen LogP contribution in [-0.4, -0.2) is 40.4 Å². The molecule has 1 aliphatic rings. The van der Waals surface area contributed by atoms with Gasteiger partial charge in [0.15, 0.2) is 0 Å². The van der Waals surface area contributed by atoms with Gasteiger partial charge in [0.05, 0.1) is 5.56 Å². The third-order valence-corrected chi connectivity index (χ3v) is 5.39. The smallest absolute Gasteiger partial charge is 0.335 e. The lowest BCUT2D eigenvalue weighted by Gasteiger charge is -2.33. The fourth-order valence-corrected chi connectivity index (χ4v) is 3.64. The van der Waals surface area contributed by atoms with Gasteiger partial charge in [-0.15, -0.1) is 0 Å². The first-order valence-corrected chi connectivity index (χ1v) is 9.78. The number of nitrogens with zero attached hydrogens (tertiary/aromatic N) is 1. The summed E-state index contributed by atoms with van der Waals surface area (Å²) in [5, 5.41) is 12.1. The molecule has 0 saturated heterocycles. The van der Waals surface area contributed by atoms with Crippen LogP contribution in [0.1, 0.15) is 51.3 Å². The van der Waals surface area contributed by atoms with E-state index in [2.05, 4.69) is 5.32 Å². The average Bonchev–Trinajstić information content (AvgIpc) is 2.70. The van der Waals surface area contributed by atoms with E-state index in [1.165, 1.54) is 0 Å². The quantitative estimate of drug-likeness (QED) is 0.816. The molecule has 0 aromatic heterocycles. The van der Waals surface area contributed by atoms with Crippen LogP contribution in [0, 0.1) is 12.8 Å². The lowest BCUT2D eigenvalue weighted by Crippen LogP contribution is -2.52. The van der Waals surface area contributed by atoms with E-state index in [0.717, 1.165) is 16.7 Å². The van der Waals surface area contributed by atoms with Crippen LogP contribution >= 0.6 is 0 Å². The lowest BCUT2D eigenvalue weighted by atomic mass is 9.95. The number of nitrogens with one attached hydrogen (secondary N) is 1. The Balaban J connectivity index is 1.78. The molecule has 1 unspecified atom stereocenters. The molecule has 0 fully saturated rings. The van der Waals surface area contributed by atoms with E-state index in [1.807, 2.05) is 39.0 Å². The molecular formula is C23H26N2O4. The molecule has 0 spiro atoms. The molecule has 152 valence electrons. The minimum atomic E-state index is -0.984. The minimum absolute atomic E-state index is 0.0813. The first-order valence-electron chi connectivity index (χ1n) is 9.78. The summed E-state index contributed by atoms with van der Waals surface area (Å²) in [7, 11) is 0. The molecule has 1 aliphatic heterocycles. The Kier molecular flexibility index (Phi) is 6.01. The van der Waals surface area contributed by atoms with E-state index in [0.29, 0.717) is 25.1 Å². The van der Waals surface area contributed by atoms with Crippen LogP contribution in [0.4, 0.5) is 0 Å². The topological polar surface area (TPSA) is 86.7 Å². The Hall–Kier alpha value is -3.15. The van der Waals surface area contributed by atoms with Crippen molar-refractivity contribution < 1.29 is 19.5 Å². The number of aryl methyl sites for hydroxylation is 1. The molecule has 0 bridgehead atoms. The van der Waals surface area contributed by atoms with Crippen molar-refractivity contribution in [2.24, 2.45) is 5.92 Å². The van der Waals surface area contributed by atoms with Crippen molar-refractivity contribution in [1.29, 1.82) is 0 Å². The van der Waals surface area contributed by atoms with E-state index >= 15 is 0 Å². The van der Waals surface area contributed by atoms with Crippen LogP contribution in [0.2, 0.25) is 0 Å². The van der Waals surface area contributed by atoms with Gasteiger partial charge in [0, 0.05) is 18.7 Å². The minimum Gasteiger partial charge on any atom is -0.478 e. The normalized spacial score (nSPS) is 14.3. The highest BCUT2D eigenvalue weighted by Crippen LogP contribution is 2.22. The van der Waals surface area contributed by atoms with E-state index in [4.69, 9.17) is 0 Å². The molecular weight excluding hydrogens is 368 g/mol. The van der Waals surface area contributed by atoms with Crippen molar-refractivity contribution in [3.05, 3.63) is 70.3 Å². The Morgan fingerprint density at radius 3 is 2.45 bits per heavy atom. The number of amides is 2. The summed E-state index contributed by atoms with van der Waals surface area (Å²) in [6.45, 7) is 6.56. The number of carbonyl (C=O) groups excluding carboxylic acids is 2. The van der Waals surface area contributed by atoms with Crippen molar-refractivity contribution in [3.8, 4) is 0 Å². The van der Waals surface area contributed by atoms with Crippen LogP contribution in [0.3, 0.4) is 0 Å². The Morgan fingerprint density at radius 2 is 1.79 bits per heavy atom. The van der Waals surface area contributed by atoms with Gasteiger partial charge in [-0.2, -0.15) is 0 Å². The second-order valence-electron chi connectivity index (χ2n) is 7.81. The number of fused-ring (bicyclic) bond motifs is 1. The van der Waals surface area contributed by atoms with Crippen LogP contribution in [0.25, 0.3) is 0 Å². The predicted molar refractivity (Wildman–Crippen MR) is 110 cm³/mol. The number of benzene rings is 2. The molecule has 2 aromatic rings. The van der Waals surface area contributed by atoms with Gasteiger partial charge in [-0.1, -0.05) is 38.1 Å². The van der Waals surface area contributed by atoms with Gasteiger partial charge in [-0.25, -0.2) is 4.79 Å². The number of aromatic carboxylic acids is 1. The zero-order chi connectivity index (χ0) is 21.1. The van der Waals surface area contributed by atoms with Gasteiger partial charge in [0.2, 0.25) is 5.91 Å². The van der Waals surface area contributed by atoms with E-state index < -0.39 is 12.0 Å². The summed E-state index contributed by atoms with van der Waals surface area (Å²) in [5.41, 5.74) is 3.53. The third kappa shape index (κ3) is 4.47. The number of carbonyl (C=O) groups is 3. The SMILES string of the molecule is Cc1ccccc1C(=O)NC(C(=O)N1CCc2ccc(C(=O)O)cc2C1)C(C)C. The molecule has 2 amide bonds. The molecule has 1 atom stereocenters. The van der Waals surface area contributed by atoms with Crippen molar-refractivity contribution in [3.63, 3.8) is 0 Å². The second-order valence-corrected chi connectivity index (χ2v) is 7.81. The van der Waals surface area contributed by atoms with Crippen LogP contribution in [-0.2, 0) is 17.8 Å². The van der Waals surface area contributed by atoms with E-state index in [9.17, 15) is 19.5 Å². The third-order valence-electron chi connectivity index (χ3n) is 5.39. The zero-order valence-electron chi connectivity index (χ0n) is 16.9. The summed E-state index contributed by atoms with van der Waals surface area (Å²) >= 11 is 0. The molecule has 6 nitrogen and oxygen atoms in total. The Labute approximate surface area is 170 Å². The molecule has 6 heteroatoms. The van der Waals surface area contributed by atoms with Gasteiger partial charge in [-0.05, 0) is 54.2 Å². The largest absolute Gasteiger partial charge is 0.478 e. The van der Waals surface area contributed by atoms with Crippen LogP contribution < -0.4 is 5.32 Å². The summed E-state index contributed by atoms with van der Waals surface area (Å²) in [6.07, 6.45) is 0.664. The van der Waals surface area contributed by atoms with Gasteiger partial charge in [-0.3, -0.25) is 9.59 Å². The number of hydrogen-bond donors (Lipinski definition) is 2. The summed E-state index contributed by atoms with van der Waals surface area (Å²) in [6, 6.07) is 11.7. The zero-order valence-corrected chi connectivity index (χ0v) is 16.9. The number of rotatable bonds is 5. The maximum Gasteiger partial charge on any atom is 0.335 e. The number of hydrogen-bond acceptors (Lipinski definition) is 3. The summed E-state index contributed by atoms with van der Waals surface area (Å²) < 4.78 is 0. The average molecular weight is 394 g/mol. The fraction of sp³-hybridized carbons (Fsp3) is 0.348. The first-order chi connectivity index (χ1) is 13.8. The van der Waals surface area contributed by atoms with Crippen molar-refractivity contribution >= 4 is 17.8 Å². The summed E-state index contributed by atoms with van der Waals surface area (Å²) in [5.74, 6) is -1.47. The second kappa shape index (κ2) is 8.47. The monoisotopic (exact) mass is 394 g/mol. The Morgan fingerprint density at radius 1 is 1.07 bits per heavy atom. The molecule has 0 saturated carbocycles. The lowest BCUT2D eigenvalue weighted by molar-refractivity contribution is -0.135. The van der Waals surface area contributed by atoms with Gasteiger partial charge < -0.3 is 15.3 Å². The fourth-order valence-electron chi connectivity index (χ4n) is 3.64. The standard InChI is InChI=1S/C23H26N2O4/c1-14(2)20(24-21(26)19-7-5-4-6-15(19)3)22(27)25-11-10-16-8-9-17(23(28)29)12-18(16)13-25/h4-9,12,14,20H,10-11,13H2,1-3H3,(H,24,26)(H,28,29). The highest BCUT2D eigenvalue weighted by atomic mass is 16.4. The molecule has 0 radical (unpaired) electrons. The highest BCUT2D eigenvalue weighted by molar-refractivity contribution is 5.98.